The first-order valence-electron chi connectivity index (χ1n) is 6.96. The van der Waals surface area contributed by atoms with Crippen molar-refractivity contribution in [3.8, 4) is 0 Å². The second-order valence-corrected chi connectivity index (χ2v) is 6.23. The fraction of sp³-hybridized carbons (Fsp3) is 0.786. The second-order valence-electron chi connectivity index (χ2n) is 5.17. The van der Waals surface area contributed by atoms with Gasteiger partial charge in [-0.25, -0.2) is 4.98 Å². The fourth-order valence-electron chi connectivity index (χ4n) is 2.61. The van der Waals surface area contributed by atoms with Crippen LogP contribution >= 0.6 is 11.3 Å². The zero-order chi connectivity index (χ0) is 11.9. The van der Waals surface area contributed by atoms with Crippen LogP contribution in [-0.4, -0.2) is 18.1 Å². The largest absolute Gasteiger partial charge is 0.316 e. The molecule has 1 aromatic heterocycles. The van der Waals surface area contributed by atoms with Crippen molar-refractivity contribution in [3.05, 3.63) is 16.1 Å². The maximum atomic E-state index is 4.49. The smallest absolute Gasteiger partial charge is 0.0897 e. The van der Waals surface area contributed by atoms with Gasteiger partial charge in [0.25, 0.3) is 0 Å². The van der Waals surface area contributed by atoms with E-state index in [1.54, 1.807) is 11.3 Å². The molecule has 3 heteroatoms. The molecule has 0 amide bonds. The van der Waals surface area contributed by atoms with E-state index in [0.29, 0.717) is 0 Å². The predicted molar refractivity (Wildman–Crippen MR) is 74.6 cm³/mol. The van der Waals surface area contributed by atoms with Crippen LogP contribution in [-0.2, 0) is 6.42 Å². The predicted octanol–water partition coefficient (Wildman–Crippen LogP) is 3.55. The summed E-state index contributed by atoms with van der Waals surface area (Å²) < 4.78 is 0. The van der Waals surface area contributed by atoms with Crippen molar-refractivity contribution in [2.45, 2.75) is 51.9 Å². The molecule has 1 heterocycles. The van der Waals surface area contributed by atoms with E-state index in [9.17, 15) is 0 Å². The molecule has 1 fully saturated rings. The van der Waals surface area contributed by atoms with Gasteiger partial charge in [-0.2, -0.15) is 0 Å². The van der Waals surface area contributed by atoms with Gasteiger partial charge in [-0.15, -0.1) is 11.3 Å². The summed E-state index contributed by atoms with van der Waals surface area (Å²) in [5.74, 6) is 0.926. The van der Waals surface area contributed by atoms with Gasteiger partial charge in [0.15, 0.2) is 0 Å². The zero-order valence-electron chi connectivity index (χ0n) is 10.9. The van der Waals surface area contributed by atoms with Crippen LogP contribution in [0.25, 0.3) is 0 Å². The lowest BCUT2D eigenvalue weighted by Gasteiger charge is -2.14. The van der Waals surface area contributed by atoms with E-state index in [1.807, 2.05) is 0 Å². The number of aromatic nitrogens is 1. The van der Waals surface area contributed by atoms with Gasteiger partial charge in [0, 0.05) is 18.3 Å². The SMILES string of the molecule is Cc1nc(CCNCC2CCCCCC2)cs1. The van der Waals surface area contributed by atoms with Crippen LogP contribution in [0, 0.1) is 12.8 Å². The van der Waals surface area contributed by atoms with Crippen molar-refractivity contribution >= 4 is 11.3 Å². The van der Waals surface area contributed by atoms with E-state index in [4.69, 9.17) is 0 Å². The van der Waals surface area contributed by atoms with E-state index in [-0.39, 0.29) is 0 Å². The van der Waals surface area contributed by atoms with Crippen molar-refractivity contribution in [1.29, 1.82) is 0 Å². The third kappa shape index (κ3) is 4.76. The topological polar surface area (TPSA) is 24.9 Å². The molecule has 2 rings (SSSR count). The van der Waals surface area contributed by atoms with E-state index in [0.717, 1.165) is 18.9 Å². The molecule has 0 atom stereocenters. The summed E-state index contributed by atoms with van der Waals surface area (Å²) in [7, 11) is 0. The van der Waals surface area contributed by atoms with Crippen LogP contribution in [0.3, 0.4) is 0 Å². The molecule has 1 aliphatic carbocycles. The molecule has 0 bridgehead atoms. The molecule has 0 aromatic carbocycles. The lowest BCUT2D eigenvalue weighted by Crippen LogP contribution is -2.24. The van der Waals surface area contributed by atoms with Crippen LogP contribution in [0.4, 0.5) is 0 Å². The minimum atomic E-state index is 0.926. The first kappa shape index (κ1) is 13.0. The van der Waals surface area contributed by atoms with Gasteiger partial charge >= 0.3 is 0 Å². The normalized spacial score (nSPS) is 18.2. The fourth-order valence-corrected chi connectivity index (χ4v) is 3.26. The van der Waals surface area contributed by atoms with Gasteiger partial charge in [0.1, 0.15) is 0 Å². The highest BCUT2D eigenvalue weighted by atomic mass is 32.1. The van der Waals surface area contributed by atoms with Gasteiger partial charge < -0.3 is 5.32 Å². The van der Waals surface area contributed by atoms with Crippen molar-refractivity contribution in [2.75, 3.05) is 13.1 Å². The summed E-state index contributed by atoms with van der Waals surface area (Å²) in [5, 5.41) is 6.97. The van der Waals surface area contributed by atoms with E-state index in [1.165, 1.54) is 55.8 Å². The Hall–Kier alpha value is -0.410. The molecule has 0 saturated heterocycles. The van der Waals surface area contributed by atoms with Crippen LogP contribution in [0.2, 0.25) is 0 Å². The van der Waals surface area contributed by atoms with E-state index < -0.39 is 0 Å². The lowest BCUT2D eigenvalue weighted by atomic mass is 10.0. The van der Waals surface area contributed by atoms with Gasteiger partial charge in [-0.3, -0.25) is 0 Å². The van der Waals surface area contributed by atoms with Crippen molar-refractivity contribution < 1.29 is 0 Å². The first-order chi connectivity index (χ1) is 8.34. The van der Waals surface area contributed by atoms with Gasteiger partial charge in [0.2, 0.25) is 0 Å². The molecule has 1 N–H and O–H groups in total. The minimum absolute atomic E-state index is 0.926. The molecule has 2 nitrogen and oxygen atoms in total. The molecule has 0 spiro atoms. The summed E-state index contributed by atoms with van der Waals surface area (Å²) >= 11 is 1.75. The Morgan fingerprint density at radius 1 is 1.29 bits per heavy atom. The zero-order valence-corrected chi connectivity index (χ0v) is 11.7. The average molecular weight is 252 g/mol. The standard InChI is InChI=1S/C14H24N2S/c1-12-16-14(11-17-12)8-9-15-10-13-6-4-2-3-5-7-13/h11,13,15H,2-10H2,1H3. The molecule has 17 heavy (non-hydrogen) atoms. The molecule has 1 aromatic rings. The number of hydrogen-bond donors (Lipinski definition) is 1. The highest BCUT2D eigenvalue weighted by Gasteiger charge is 2.11. The number of aryl methyl sites for hydroxylation is 1. The Bertz CT molecular complexity index is 314. The second kappa shape index (κ2) is 7.12. The maximum absolute atomic E-state index is 4.49. The summed E-state index contributed by atoms with van der Waals surface area (Å²) in [6, 6.07) is 0. The molecule has 0 unspecified atom stereocenters. The van der Waals surface area contributed by atoms with Crippen LogP contribution in [0.1, 0.15) is 49.2 Å². The van der Waals surface area contributed by atoms with Crippen molar-refractivity contribution in [3.63, 3.8) is 0 Å². The molecule has 1 saturated carbocycles. The van der Waals surface area contributed by atoms with Crippen molar-refractivity contribution in [1.82, 2.24) is 10.3 Å². The van der Waals surface area contributed by atoms with Crippen LogP contribution in [0.5, 0.6) is 0 Å². The molecular formula is C14H24N2S. The Balaban J connectivity index is 1.59. The maximum Gasteiger partial charge on any atom is 0.0897 e. The highest BCUT2D eigenvalue weighted by molar-refractivity contribution is 7.09. The Labute approximate surface area is 109 Å². The monoisotopic (exact) mass is 252 g/mol. The van der Waals surface area contributed by atoms with Gasteiger partial charge in [-0.1, -0.05) is 25.7 Å². The Morgan fingerprint density at radius 2 is 2.06 bits per heavy atom. The summed E-state index contributed by atoms with van der Waals surface area (Å²) in [6.45, 7) is 4.37. The van der Waals surface area contributed by atoms with Crippen molar-refractivity contribution in [2.24, 2.45) is 5.92 Å². The number of thiazole rings is 1. The van der Waals surface area contributed by atoms with Crippen LogP contribution < -0.4 is 5.32 Å². The lowest BCUT2D eigenvalue weighted by molar-refractivity contribution is 0.427. The van der Waals surface area contributed by atoms with E-state index >= 15 is 0 Å². The first-order valence-corrected chi connectivity index (χ1v) is 7.84. The Kier molecular flexibility index (Phi) is 5.46. The van der Waals surface area contributed by atoms with Crippen LogP contribution in [0.15, 0.2) is 5.38 Å². The molecular weight excluding hydrogens is 228 g/mol. The number of hydrogen-bond acceptors (Lipinski definition) is 3. The quantitative estimate of drug-likeness (QED) is 0.640. The van der Waals surface area contributed by atoms with Gasteiger partial charge in [0.05, 0.1) is 10.7 Å². The van der Waals surface area contributed by atoms with E-state index in [2.05, 4.69) is 22.6 Å². The van der Waals surface area contributed by atoms with Gasteiger partial charge in [-0.05, 0) is 32.2 Å². The molecule has 0 aliphatic heterocycles. The Morgan fingerprint density at radius 3 is 2.71 bits per heavy atom. The number of nitrogens with one attached hydrogen (secondary N) is 1. The minimum Gasteiger partial charge on any atom is -0.316 e. The summed E-state index contributed by atoms with van der Waals surface area (Å²) in [6.07, 6.45) is 9.74. The molecule has 96 valence electrons. The third-order valence-electron chi connectivity index (χ3n) is 3.63. The third-order valence-corrected chi connectivity index (χ3v) is 4.45. The molecule has 1 aliphatic rings. The number of nitrogens with zero attached hydrogens (tertiary/aromatic N) is 1. The highest BCUT2D eigenvalue weighted by Crippen LogP contribution is 2.21. The summed E-state index contributed by atoms with van der Waals surface area (Å²) in [4.78, 5) is 4.49. The summed E-state index contributed by atoms with van der Waals surface area (Å²) in [5.41, 5.74) is 1.25. The average Bonchev–Trinajstić information content (AvgIpc) is 2.59. The number of rotatable bonds is 5. The molecule has 0 radical (unpaired) electrons.